The van der Waals surface area contributed by atoms with Gasteiger partial charge in [0.2, 0.25) is 0 Å². The van der Waals surface area contributed by atoms with Crippen LogP contribution in [-0.2, 0) is 0 Å². The molecule has 0 aliphatic heterocycles. The number of aryl methyl sites for hydroxylation is 1. The molecule has 2 rings (SSSR count). The molecule has 6 heteroatoms. The quantitative estimate of drug-likeness (QED) is 0.864. The van der Waals surface area contributed by atoms with Crippen LogP contribution < -0.4 is 4.74 Å². The van der Waals surface area contributed by atoms with Gasteiger partial charge in [0.25, 0.3) is 0 Å². The van der Waals surface area contributed by atoms with Crippen LogP contribution in [0.4, 0.5) is 0 Å². The van der Waals surface area contributed by atoms with Crippen LogP contribution in [0, 0.1) is 6.92 Å². The van der Waals surface area contributed by atoms with Crippen LogP contribution in [0.5, 0.6) is 5.75 Å². The summed E-state index contributed by atoms with van der Waals surface area (Å²) in [5, 5.41) is 13.0. The fraction of sp³-hybridized carbons (Fsp3) is 0.182. The average Bonchev–Trinajstić information content (AvgIpc) is 2.74. The highest BCUT2D eigenvalue weighted by atomic mass is 16.5. The highest BCUT2D eigenvalue weighted by molar-refractivity contribution is 5.88. The third-order valence-corrected chi connectivity index (χ3v) is 2.37. The summed E-state index contributed by atoms with van der Waals surface area (Å²) in [4.78, 5) is 14.9. The Balaban J connectivity index is 2.61. The molecular formula is C11H11N3O3. The Morgan fingerprint density at radius 1 is 1.47 bits per heavy atom. The van der Waals surface area contributed by atoms with E-state index < -0.39 is 5.97 Å². The summed E-state index contributed by atoms with van der Waals surface area (Å²) in [6.45, 7) is 1.78. The van der Waals surface area contributed by atoms with Crippen molar-refractivity contribution in [1.29, 1.82) is 0 Å². The van der Waals surface area contributed by atoms with E-state index in [0.29, 0.717) is 17.3 Å². The zero-order valence-corrected chi connectivity index (χ0v) is 9.41. The van der Waals surface area contributed by atoms with Crippen LogP contribution in [0.2, 0.25) is 0 Å². The summed E-state index contributed by atoms with van der Waals surface area (Å²) in [5.74, 6) is 0.209. The molecule has 0 fully saturated rings. The van der Waals surface area contributed by atoms with Crippen LogP contribution >= 0.6 is 0 Å². The average molecular weight is 233 g/mol. The van der Waals surface area contributed by atoms with Crippen LogP contribution in [0.1, 0.15) is 16.2 Å². The molecule has 1 N–H and O–H groups in total. The first-order valence-corrected chi connectivity index (χ1v) is 4.92. The summed E-state index contributed by atoms with van der Waals surface area (Å²) < 4.78 is 6.71. The largest absolute Gasteiger partial charge is 0.494 e. The van der Waals surface area contributed by atoms with Crippen molar-refractivity contribution in [3.63, 3.8) is 0 Å². The number of carboxylic acids is 1. The minimum Gasteiger partial charge on any atom is -0.494 e. The number of aromatic nitrogens is 3. The molecule has 0 radical (unpaired) electrons. The Kier molecular flexibility index (Phi) is 2.78. The van der Waals surface area contributed by atoms with Gasteiger partial charge < -0.3 is 9.84 Å². The molecule has 0 saturated heterocycles. The first-order chi connectivity index (χ1) is 8.13. The molecule has 1 aromatic carbocycles. The first kappa shape index (κ1) is 11.1. The van der Waals surface area contributed by atoms with Crippen molar-refractivity contribution in [2.45, 2.75) is 6.92 Å². The Labute approximate surface area is 97.5 Å². The Morgan fingerprint density at radius 2 is 2.24 bits per heavy atom. The Morgan fingerprint density at radius 3 is 2.76 bits per heavy atom. The van der Waals surface area contributed by atoms with Crippen molar-refractivity contribution in [2.24, 2.45) is 0 Å². The Hall–Kier alpha value is -2.37. The molecule has 0 saturated carbocycles. The van der Waals surface area contributed by atoms with Gasteiger partial charge in [0.1, 0.15) is 23.6 Å². The molecule has 1 heterocycles. The number of nitrogens with zero attached hydrogens (tertiary/aromatic N) is 3. The van der Waals surface area contributed by atoms with Gasteiger partial charge in [0.15, 0.2) is 0 Å². The summed E-state index contributed by atoms with van der Waals surface area (Å²) in [7, 11) is 1.52. The third kappa shape index (κ3) is 1.96. The topological polar surface area (TPSA) is 77.2 Å². The minimum atomic E-state index is -0.994. The molecule has 6 nitrogen and oxygen atoms in total. The summed E-state index contributed by atoms with van der Waals surface area (Å²) in [5.41, 5.74) is 0.734. The maximum Gasteiger partial charge on any atom is 0.335 e. The first-order valence-electron chi connectivity index (χ1n) is 4.92. The highest BCUT2D eigenvalue weighted by Crippen LogP contribution is 2.24. The second kappa shape index (κ2) is 4.25. The van der Waals surface area contributed by atoms with Crippen molar-refractivity contribution in [1.82, 2.24) is 14.8 Å². The highest BCUT2D eigenvalue weighted by Gasteiger charge is 2.12. The summed E-state index contributed by atoms with van der Waals surface area (Å²) in [6.07, 6.45) is 1.40. The van der Waals surface area contributed by atoms with Gasteiger partial charge in [-0.05, 0) is 25.1 Å². The molecule has 0 amide bonds. The van der Waals surface area contributed by atoms with Gasteiger partial charge in [-0.25, -0.2) is 14.5 Å². The maximum atomic E-state index is 10.9. The smallest absolute Gasteiger partial charge is 0.335 e. The van der Waals surface area contributed by atoms with Crippen molar-refractivity contribution in [3.8, 4) is 11.4 Å². The lowest BCUT2D eigenvalue weighted by Gasteiger charge is -2.10. The molecule has 0 atom stereocenters. The SMILES string of the molecule is COc1ccc(C(=O)O)cc1-n1ncnc1C. The molecule has 0 spiro atoms. The van der Waals surface area contributed by atoms with Gasteiger partial charge >= 0.3 is 5.97 Å². The van der Waals surface area contributed by atoms with E-state index in [4.69, 9.17) is 9.84 Å². The number of benzene rings is 1. The van der Waals surface area contributed by atoms with Crippen LogP contribution in [0.15, 0.2) is 24.5 Å². The number of hydrogen-bond acceptors (Lipinski definition) is 4. The summed E-state index contributed by atoms with van der Waals surface area (Å²) >= 11 is 0. The lowest BCUT2D eigenvalue weighted by molar-refractivity contribution is 0.0697. The van der Waals surface area contributed by atoms with E-state index >= 15 is 0 Å². The number of carbonyl (C=O) groups is 1. The van der Waals surface area contributed by atoms with Crippen molar-refractivity contribution < 1.29 is 14.6 Å². The van der Waals surface area contributed by atoms with Gasteiger partial charge in [0.05, 0.1) is 12.7 Å². The maximum absolute atomic E-state index is 10.9. The van der Waals surface area contributed by atoms with E-state index in [-0.39, 0.29) is 5.56 Å². The predicted octanol–water partition coefficient (Wildman–Crippen LogP) is 1.28. The van der Waals surface area contributed by atoms with Gasteiger partial charge in [-0.3, -0.25) is 0 Å². The zero-order valence-electron chi connectivity index (χ0n) is 9.41. The van der Waals surface area contributed by atoms with Crippen molar-refractivity contribution >= 4 is 5.97 Å². The van der Waals surface area contributed by atoms with Gasteiger partial charge in [-0.2, -0.15) is 5.10 Å². The number of hydrogen-bond donors (Lipinski definition) is 1. The van der Waals surface area contributed by atoms with Gasteiger partial charge in [-0.1, -0.05) is 0 Å². The lowest BCUT2D eigenvalue weighted by atomic mass is 10.2. The zero-order chi connectivity index (χ0) is 12.4. The van der Waals surface area contributed by atoms with Crippen molar-refractivity contribution in [3.05, 3.63) is 35.9 Å². The number of methoxy groups -OCH3 is 1. The molecule has 0 bridgehead atoms. The third-order valence-electron chi connectivity index (χ3n) is 2.37. The second-order valence-corrected chi connectivity index (χ2v) is 3.41. The monoisotopic (exact) mass is 233 g/mol. The molecular weight excluding hydrogens is 222 g/mol. The molecule has 2 aromatic rings. The van der Waals surface area contributed by atoms with E-state index in [2.05, 4.69) is 10.1 Å². The molecule has 0 aliphatic carbocycles. The van der Waals surface area contributed by atoms with Crippen molar-refractivity contribution in [2.75, 3.05) is 7.11 Å². The van der Waals surface area contributed by atoms with Crippen LogP contribution in [0.25, 0.3) is 5.69 Å². The number of aromatic carboxylic acids is 1. The normalized spacial score (nSPS) is 10.2. The van der Waals surface area contributed by atoms with E-state index in [1.165, 1.54) is 30.3 Å². The molecule has 0 unspecified atom stereocenters. The van der Waals surface area contributed by atoms with Gasteiger partial charge in [-0.15, -0.1) is 0 Å². The fourth-order valence-electron chi connectivity index (χ4n) is 1.52. The molecule has 88 valence electrons. The van der Waals surface area contributed by atoms with Crippen LogP contribution in [-0.4, -0.2) is 33.0 Å². The number of ether oxygens (including phenoxy) is 1. The number of carboxylic acid groups (broad SMARTS) is 1. The molecule has 0 aliphatic rings. The number of rotatable bonds is 3. The van der Waals surface area contributed by atoms with Crippen LogP contribution in [0.3, 0.4) is 0 Å². The summed E-state index contributed by atoms with van der Waals surface area (Å²) in [6, 6.07) is 4.58. The molecule has 17 heavy (non-hydrogen) atoms. The lowest BCUT2D eigenvalue weighted by Crippen LogP contribution is -2.05. The molecule has 1 aromatic heterocycles. The minimum absolute atomic E-state index is 0.177. The van der Waals surface area contributed by atoms with E-state index in [1.807, 2.05) is 0 Å². The van der Waals surface area contributed by atoms with E-state index in [0.717, 1.165) is 0 Å². The van der Waals surface area contributed by atoms with E-state index in [1.54, 1.807) is 13.0 Å². The van der Waals surface area contributed by atoms with Gasteiger partial charge in [0, 0.05) is 0 Å². The fourth-order valence-corrected chi connectivity index (χ4v) is 1.52. The standard InChI is InChI=1S/C11H11N3O3/c1-7-12-6-13-14(7)9-5-8(11(15)16)3-4-10(9)17-2/h3-6H,1-2H3,(H,15,16). The Bertz CT molecular complexity index is 563. The predicted molar refractivity (Wildman–Crippen MR) is 59.6 cm³/mol. The van der Waals surface area contributed by atoms with E-state index in [9.17, 15) is 4.79 Å². The second-order valence-electron chi connectivity index (χ2n) is 3.41.